The fraction of sp³-hybridized carbons (Fsp3) is 0.818. The first kappa shape index (κ1) is 15.4. The van der Waals surface area contributed by atoms with Crippen LogP contribution in [0.15, 0.2) is 0 Å². The molecule has 0 saturated heterocycles. The van der Waals surface area contributed by atoms with Crippen molar-refractivity contribution in [1.82, 2.24) is 5.32 Å². The standard InChI is InChI=1S/C11H20BrNO3/c1-4-11(5-2,9(14)7-12)8-13-10(15)16-6-3/h4-8H2,1-3H3,(H,13,15). The molecule has 0 spiro atoms. The van der Waals surface area contributed by atoms with Gasteiger partial charge in [-0.05, 0) is 19.8 Å². The first-order valence-corrected chi connectivity index (χ1v) is 6.68. The summed E-state index contributed by atoms with van der Waals surface area (Å²) in [4.78, 5) is 23.0. The van der Waals surface area contributed by atoms with E-state index in [1.54, 1.807) is 6.92 Å². The van der Waals surface area contributed by atoms with Gasteiger partial charge < -0.3 is 10.1 Å². The number of Topliss-reactive ketones (excluding diaryl/α,β-unsaturated/α-hetero) is 1. The van der Waals surface area contributed by atoms with Crippen LogP contribution in [0.2, 0.25) is 0 Å². The van der Waals surface area contributed by atoms with Gasteiger partial charge in [0, 0.05) is 12.0 Å². The van der Waals surface area contributed by atoms with E-state index in [1.807, 2.05) is 13.8 Å². The number of nitrogens with one attached hydrogen (secondary N) is 1. The number of amides is 1. The maximum absolute atomic E-state index is 11.8. The molecular weight excluding hydrogens is 274 g/mol. The largest absolute Gasteiger partial charge is 0.450 e. The second-order valence-corrected chi connectivity index (χ2v) is 4.18. The number of alkyl halides is 1. The van der Waals surface area contributed by atoms with E-state index in [-0.39, 0.29) is 5.78 Å². The van der Waals surface area contributed by atoms with Crippen molar-refractivity contribution in [2.75, 3.05) is 18.5 Å². The Kier molecular flexibility index (Phi) is 7.38. The van der Waals surface area contributed by atoms with E-state index >= 15 is 0 Å². The lowest BCUT2D eigenvalue weighted by Crippen LogP contribution is -2.43. The van der Waals surface area contributed by atoms with E-state index in [1.165, 1.54) is 0 Å². The van der Waals surface area contributed by atoms with Crippen molar-refractivity contribution >= 4 is 27.8 Å². The molecule has 0 aromatic carbocycles. The van der Waals surface area contributed by atoms with Crippen molar-refractivity contribution in [3.05, 3.63) is 0 Å². The lowest BCUT2D eigenvalue weighted by molar-refractivity contribution is -0.126. The van der Waals surface area contributed by atoms with Crippen LogP contribution in [-0.4, -0.2) is 30.4 Å². The van der Waals surface area contributed by atoms with Gasteiger partial charge in [0.25, 0.3) is 0 Å². The quantitative estimate of drug-likeness (QED) is 0.734. The molecule has 16 heavy (non-hydrogen) atoms. The zero-order valence-electron chi connectivity index (χ0n) is 10.1. The Morgan fingerprint density at radius 1 is 1.25 bits per heavy atom. The minimum atomic E-state index is -0.476. The fourth-order valence-electron chi connectivity index (χ4n) is 1.56. The van der Waals surface area contributed by atoms with Crippen molar-refractivity contribution in [2.24, 2.45) is 5.41 Å². The lowest BCUT2D eigenvalue weighted by Gasteiger charge is -2.29. The number of carbonyl (C=O) groups excluding carboxylic acids is 2. The van der Waals surface area contributed by atoms with Crippen LogP contribution in [0, 0.1) is 5.41 Å². The monoisotopic (exact) mass is 293 g/mol. The van der Waals surface area contributed by atoms with Crippen LogP contribution in [0.4, 0.5) is 4.79 Å². The molecule has 0 aromatic heterocycles. The molecule has 0 aliphatic rings. The van der Waals surface area contributed by atoms with E-state index in [0.29, 0.717) is 31.3 Å². The Bertz CT molecular complexity index is 239. The van der Waals surface area contributed by atoms with E-state index in [9.17, 15) is 9.59 Å². The summed E-state index contributed by atoms with van der Waals surface area (Å²) in [6, 6.07) is 0. The average Bonchev–Trinajstić information content (AvgIpc) is 2.31. The van der Waals surface area contributed by atoms with Gasteiger partial charge in [-0.1, -0.05) is 29.8 Å². The molecule has 0 atom stereocenters. The van der Waals surface area contributed by atoms with Crippen molar-refractivity contribution in [3.8, 4) is 0 Å². The molecule has 0 aliphatic heterocycles. The molecule has 0 rings (SSSR count). The molecule has 0 radical (unpaired) electrons. The number of halogens is 1. The highest BCUT2D eigenvalue weighted by Gasteiger charge is 2.34. The molecule has 0 aromatic rings. The van der Waals surface area contributed by atoms with Gasteiger partial charge in [0.1, 0.15) is 0 Å². The molecule has 1 amide bonds. The Balaban J connectivity index is 4.44. The van der Waals surface area contributed by atoms with Crippen molar-refractivity contribution < 1.29 is 14.3 Å². The molecule has 0 bridgehead atoms. The second kappa shape index (κ2) is 7.65. The molecule has 0 heterocycles. The van der Waals surface area contributed by atoms with Gasteiger partial charge in [0.05, 0.1) is 11.9 Å². The summed E-state index contributed by atoms with van der Waals surface area (Å²) in [5.74, 6) is 0.120. The number of ether oxygens (including phenoxy) is 1. The van der Waals surface area contributed by atoms with Crippen molar-refractivity contribution in [3.63, 3.8) is 0 Å². The van der Waals surface area contributed by atoms with Crippen LogP contribution in [0.25, 0.3) is 0 Å². The predicted octanol–water partition coefficient (Wildman–Crippen LogP) is 2.50. The van der Waals surface area contributed by atoms with E-state index < -0.39 is 11.5 Å². The van der Waals surface area contributed by atoms with Gasteiger partial charge in [-0.25, -0.2) is 4.79 Å². The van der Waals surface area contributed by atoms with Gasteiger partial charge in [-0.3, -0.25) is 4.79 Å². The second-order valence-electron chi connectivity index (χ2n) is 3.62. The maximum Gasteiger partial charge on any atom is 0.407 e. The molecule has 0 saturated carbocycles. The molecule has 5 heteroatoms. The van der Waals surface area contributed by atoms with Crippen LogP contribution < -0.4 is 5.32 Å². The van der Waals surface area contributed by atoms with Crippen LogP contribution in [-0.2, 0) is 9.53 Å². The predicted molar refractivity (Wildman–Crippen MR) is 66.8 cm³/mol. The SMILES string of the molecule is CCOC(=O)NCC(CC)(CC)C(=O)CBr. The van der Waals surface area contributed by atoms with Gasteiger partial charge in [-0.2, -0.15) is 0 Å². The van der Waals surface area contributed by atoms with Gasteiger partial charge in [-0.15, -0.1) is 0 Å². The molecule has 4 nitrogen and oxygen atoms in total. The number of hydrogen-bond acceptors (Lipinski definition) is 3. The molecule has 0 fully saturated rings. The van der Waals surface area contributed by atoms with Crippen LogP contribution in [0.1, 0.15) is 33.6 Å². The fourth-order valence-corrected chi connectivity index (χ4v) is 2.15. The number of alkyl carbamates (subject to hydrolysis) is 1. The maximum atomic E-state index is 11.8. The first-order valence-electron chi connectivity index (χ1n) is 5.56. The number of ketones is 1. The molecule has 1 N–H and O–H groups in total. The van der Waals surface area contributed by atoms with E-state index in [2.05, 4.69) is 21.2 Å². The highest BCUT2D eigenvalue weighted by Crippen LogP contribution is 2.27. The van der Waals surface area contributed by atoms with Gasteiger partial charge >= 0.3 is 6.09 Å². The lowest BCUT2D eigenvalue weighted by atomic mass is 9.79. The smallest absolute Gasteiger partial charge is 0.407 e. The molecular formula is C11H20BrNO3. The summed E-state index contributed by atoms with van der Waals surface area (Å²) < 4.78 is 4.77. The van der Waals surface area contributed by atoms with E-state index in [4.69, 9.17) is 4.74 Å². The van der Waals surface area contributed by atoms with Crippen LogP contribution >= 0.6 is 15.9 Å². The summed E-state index contributed by atoms with van der Waals surface area (Å²) in [5, 5.41) is 2.96. The third-order valence-corrected chi connectivity index (χ3v) is 3.42. The minimum absolute atomic E-state index is 0.120. The third-order valence-electron chi connectivity index (χ3n) is 2.91. The highest BCUT2D eigenvalue weighted by molar-refractivity contribution is 9.09. The van der Waals surface area contributed by atoms with Crippen molar-refractivity contribution in [2.45, 2.75) is 33.6 Å². The Hall–Kier alpha value is -0.580. The zero-order chi connectivity index (χ0) is 12.6. The van der Waals surface area contributed by atoms with Crippen LogP contribution in [0.5, 0.6) is 0 Å². The van der Waals surface area contributed by atoms with Crippen molar-refractivity contribution in [1.29, 1.82) is 0 Å². The van der Waals surface area contributed by atoms with E-state index in [0.717, 1.165) is 0 Å². The minimum Gasteiger partial charge on any atom is -0.450 e. The normalized spacial score (nSPS) is 11.0. The summed E-state index contributed by atoms with van der Waals surface area (Å²) in [6.07, 6.45) is 0.955. The Labute approximate surface area is 105 Å². The summed E-state index contributed by atoms with van der Waals surface area (Å²) in [7, 11) is 0. The third kappa shape index (κ3) is 4.12. The van der Waals surface area contributed by atoms with Gasteiger partial charge in [0.15, 0.2) is 5.78 Å². The molecule has 0 aliphatic carbocycles. The number of carbonyl (C=O) groups is 2. The topological polar surface area (TPSA) is 55.4 Å². The zero-order valence-corrected chi connectivity index (χ0v) is 11.7. The first-order chi connectivity index (χ1) is 7.56. The number of rotatable bonds is 7. The molecule has 0 unspecified atom stereocenters. The van der Waals surface area contributed by atoms with Gasteiger partial charge in [0.2, 0.25) is 0 Å². The Morgan fingerprint density at radius 3 is 2.19 bits per heavy atom. The summed E-state index contributed by atoms with van der Waals surface area (Å²) in [6.45, 7) is 6.33. The average molecular weight is 294 g/mol. The highest BCUT2D eigenvalue weighted by atomic mass is 79.9. The summed E-state index contributed by atoms with van der Waals surface area (Å²) in [5.41, 5.74) is -0.476. The number of hydrogen-bond donors (Lipinski definition) is 1. The Morgan fingerprint density at radius 2 is 1.81 bits per heavy atom. The summed E-state index contributed by atoms with van der Waals surface area (Å²) >= 11 is 3.18. The molecule has 94 valence electrons. The van der Waals surface area contributed by atoms with Crippen LogP contribution in [0.3, 0.4) is 0 Å².